The average molecular weight is 301 g/mol. The van der Waals surface area contributed by atoms with Gasteiger partial charge in [0.2, 0.25) is 0 Å². The summed E-state index contributed by atoms with van der Waals surface area (Å²) in [4.78, 5) is 4.74. The van der Waals surface area contributed by atoms with Gasteiger partial charge in [-0.05, 0) is 26.7 Å². The quantitative estimate of drug-likeness (QED) is 0.922. The second-order valence-corrected chi connectivity index (χ2v) is 6.81. The van der Waals surface area contributed by atoms with Crippen LogP contribution >= 0.6 is 11.3 Å². The Morgan fingerprint density at radius 3 is 2.62 bits per heavy atom. The first kappa shape index (κ1) is 14.7. The lowest BCUT2D eigenvalue weighted by Crippen LogP contribution is -2.51. The summed E-state index contributed by atoms with van der Waals surface area (Å²) in [6.07, 6.45) is 3.91. The molecule has 1 aliphatic heterocycles. The summed E-state index contributed by atoms with van der Waals surface area (Å²) < 4.78 is 0. The molecule has 3 rings (SSSR count). The van der Waals surface area contributed by atoms with E-state index in [-0.39, 0.29) is 0 Å². The number of piperidine rings is 1. The second-order valence-electron chi connectivity index (χ2n) is 5.86. The summed E-state index contributed by atoms with van der Waals surface area (Å²) in [6, 6.07) is 11.6. The van der Waals surface area contributed by atoms with Gasteiger partial charge in [0.05, 0.1) is 12.2 Å². The number of thiazole rings is 1. The van der Waals surface area contributed by atoms with Crippen molar-refractivity contribution in [1.82, 2.24) is 15.4 Å². The SMILES string of the molecule is CC1CCCC(C)N1NCc1nc(-c2ccccc2)cs1. The van der Waals surface area contributed by atoms with Gasteiger partial charge in [0.15, 0.2) is 0 Å². The highest BCUT2D eigenvalue weighted by atomic mass is 32.1. The summed E-state index contributed by atoms with van der Waals surface area (Å²) in [7, 11) is 0. The van der Waals surface area contributed by atoms with Crippen molar-refractivity contribution in [2.75, 3.05) is 0 Å². The Balaban J connectivity index is 1.62. The fraction of sp³-hybridized carbons (Fsp3) is 0.471. The zero-order valence-electron chi connectivity index (χ0n) is 12.7. The fourth-order valence-electron chi connectivity index (χ4n) is 3.03. The second kappa shape index (κ2) is 6.69. The summed E-state index contributed by atoms with van der Waals surface area (Å²) in [5.74, 6) is 0. The number of hydrazine groups is 1. The molecule has 1 saturated heterocycles. The molecule has 2 unspecified atom stereocenters. The van der Waals surface area contributed by atoms with Crippen molar-refractivity contribution in [2.24, 2.45) is 0 Å². The first-order valence-corrected chi connectivity index (χ1v) is 8.63. The maximum absolute atomic E-state index is 4.74. The van der Waals surface area contributed by atoms with Gasteiger partial charge in [0, 0.05) is 23.0 Å². The Morgan fingerprint density at radius 1 is 1.19 bits per heavy atom. The molecule has 0 radical (unpaired) electrons. The molecule has 112 valence electrons. The maximum Gasteiger partial charge on any atom is 0.109 e. The predicted octanol–water partition coefficient (Wildman–Crippen LogP) is 4.08. The standard InChI is InChI=1S/C17H23N3S/c1-13-7-6-8-14(2)20(13)18-11-17-19-16(12-21-17)15-9-4-3-5-10-15/h3-5,9-10,12-14,18H,6-8,11H2,1-2H3. The van der Waals surface area contributed by atoms with Crippen molar-refractivity contribution in [2.45, 2.75) is 51.7 Å². The Morgan fingerprint density at radius 2 is 1.90 bits per heavy atom. The van der Waals surface area contributed by atoms with E-state index in [1.165, 1.54) is 24.8 Å². The summed E-state index contributed by atoms with van der Waals surface area (Å²) in [6.45, 7) is 5.44. The Labute approximate surface area is 131 Å². The molecule has 1 aromatic heterocycles. The van der Waals surface area contributed by atoms with E-state index in [9.17, 15) is 0 Å². The monoisotopic (exact) mass is 301 g/mol. The van der Waals surface area contributed by atoms with Crippen LogP contribution < -0.4 is 5.43 Å². The van der Waals surface area contributed by atoms with Gasteiger partial charge in [0.1, 0.15) is 5.01 Å². The van der Waals surface area contributed by atoms with Crippen molar-refractivity contribution in [3.8, 4) is 11.3 Å². The normalized spacial score (nSPS) is 23.3. The Hall–Kier alpha value is -1.23. The third kappa shape index (κ3) is 3.51. The van der Waals surface area contributed by atoms with E-state index in [0.29, 0.717) is 12.1 Å². The first-order valence-electron chi connectivity index (χ1n) is 7.75. The molecule has 0 amide bonds. The molecule has 21 heavy (non-hydrogen) atoms. The number of rotatable bonds is 4. The number of nitrogens with one attached hydrogen (secondary N) is 1. The number of hydrogen-bond acceptors (Lipinski definition) is 4. The Kier molecular flexibility index (Phi) is 4.68. The molecule has 2 aromatic rings. The van der Waals surface area contributed by atoms with Crippen LogP contribution in [0.4, 0.5) is 0 Å². The molecule has 3 nitrogen and oxygen atoms in total. The van der Waals surface area contributed by atoms with Gasteiger partial charge in [0.25, 0.3) is 0 Å². The van der Waals surface area contributed by atoms with E-state index in [0.717, 1.165) is 17.2 Å². The van der Waals surface area contributed by atoms with Crippen LogP contribution in [0.2, 0.25) is 0 Å². The minimum absolute atomic E-state index is 0.613. The van der Waals surface area contributed by atoms with Crippen LogP contribution in [0.1, 0.15) is 38.1 Å². The third-order valence-electron chi connectivity index (χ3n) is 4.23. The molecular formula is C17H23N3S. The van der Waals surface area contributed by atoms with Crippen LogP contribution in [0.25, 0.3) is 11.3 Å². The minimum atomic E-state index is 0.613. The average Bonchev–Trinajstić information content (AvgIpc) is 2.97. The van der Waals surface area contributed by atoms with E-state index < -0.39 is 0 Å². The summed E-state index contributed by atoms with van der Waals surface area (Å²) in [5, 5.41) is 5.71. The van der Waals surface area contributed by atoms with Crippen LogP contribution in [-0.2, 0) is 6.54 Å². The highest BCUT2D eigenvalue weighted by Crippen LogP contribution is 2.23. The molecule has 0 bridgehead atoms. The van der Waals surface area contributed by atoms with Crippen molar-refractivity contribution in [3.63, 3.8) is 0 Å². The molecule has 4 heteroatoms. The van der Waals surface area contributed by atoms with E-state index in [1.54, 1.807) is 11.3 Å². The zero-order valence-corrected chi connectivity index (χ0v) is 13.6. The van der Waals surface area contributed by atoms with E-state index >= 15 is 0 Å². The topological polar surface area (TPSA) is 28.2 Å². The first-order chi connectivity index (χ1) is 10.2. The number of hydrogen-bond donors (Lipinski definition) is 1. The molecule has 0 aliphatic carbocycles. The van der Waals surface area contributed by atoms with Crippen LogP contribution in [0.3, 0.4) is 0 Å². The van der Waals surface area contributed by atoms with E-state index in [1.807, 2.05) is 6.07 Å². The van der Waals surface area contributed by atoms with E-state index in [4.69, 9.17) is 4.98 Å². The third-order valence-corrected chi connectivity index (χ3v) is 5.08. The van der Waals surface area contributed by atoms with E-state index in [2.05, 4.69) is 53.9 Å². The molecule has 1 fully saturated rings. The molecule has 1 N–H and O–H groups in total. The molecule has 1 aromatic carbocycles. The fourth-order valence-corrected chi connectivity index (χ4v) is 3.76. The van der Waals surface area contributed by atoms with Crippen molar-refractivity contribution >= 4 is 11.3 Å². The number of aromatic nitrogens is 1. The minimum Gasteiger partial charge on any atom is -0.248 e. The molecule has 1 aliphatic rings. The smallest absolute Gasteiger partial charge is 0.109 e. The van der Waals surface area contributed by atoms with Crippen molar-refractivity contribution in [1.29, 1.82) is 0 Å². The lowest BCUT2D eigenvalue weighted by Gasteiger charge is -2.38. The van der Waals surface area contributed by atoms with Crippen molar-refractivity contribution < 1.29 is 0 Å². The molecule has 2 heterocycles. The van der Waals surface area contributed by atoms with Gasteiger partial charge in [-0.15, -0.1) is 11.3 Å². The van der Waals surface area contributed by atoms with Gasteiger partial charge in [-0.2, -0.15) is 0 Å². The van der Waals surface area contributed by atoms with Gasteiger partial charge in [-0.1, -0.05) is 36.8 Å². The van der Waals surface area contributed by atoms with Crippen LogP contribution in [0.5, 0.6) is 0 Å². The number of benzene rings is 1. The lowest BCUT2D eigenvalue weighted by atomic mass is 10.00. The van der Waals surface area contributed by atoms with Gasteiger partial charge >= 0.3 is 0 Å². The molecular weight excluding hydrogens is 278 g/mol. The Bertz CT molecular complexity index is 556. The molecule has 2 atom stereocenters. The maximum atomic E-state index is 4.74. The van der Waals surface area contributed by atoms with Gasteiger partial charge in [-0.3, -0.25) is 0 Å². The van der Waals surface area contributed by atoms with Crippen LogP contribution in [0.15, 0.2) is 35.7 Å². The van der Waals surface area contributed by atoms with Gasteiger partial charge in [-0.25, -0.2) is 15.4 Å². The summed E-state index contributed by atoms with van der Waals surface area (Å²) >= 11 is 1.74. The largest absolute Gasteiger partial charge is 0.248 e. The van der Waals surface area contributed by atoms with Crippen molar-refractivity contribution in [3.05, 3.63) is 40.7 Å². The molecule has 0 saturated carbocycles. The summed E-state index contributed by atoms with van der Waals surface area (Å²) in [5.41, 5.74) is 5.86. The highest BCUT2D eigenvalue weighted by Gasteiger charge is 2.24. The zero-order chi connectivity index (χ0) is 14.7. The highest BCUT2D eigenvalue weighted by molar-refractivity contribution is 7.09. The predicted molar refractivity (Wildman–Crippen MR) is 89.0 cm³/mol. The van der Waals surface area contributed by atoms with Crippen LogP contribution in [0, 0.1) is 0 Å². The molecule has 0 spiro atoms. The lowest BCUT2D eigenvalue weighted by molar-refractivity contribution is 0.0435. The van der Waals surface area contributed by atoms with Crippen LogP contribution in [-0.4, -0.2) is 22.1 Å². The van der Waals surface area contributed by atoms with Gasteiger partial charge < -0.3 is 0 Å². The number of nitrogens with zero attached hydrogens (tertiary/aromatic N) is 2.